The lowest BCUT2D eigenvalue weighted by molar-refractivity contribution is -0.133. The number of likely N-dealkylation sites (N-methyl/N-ethyl adjacent to an activating group) is 1. The second-order valence-corrected chi connectivity index (χ2v) is 8.48. The number of methoxy groups -OCH3 is 3. The Labute approximate surface area is 214 Å². The van der Waals surface area contributed by atoms with Gasteiger partial charge in [0, 0.05) is 36.2 Å². The van der Waals surface area contributed by atoms with E-state index in [0.717, 1.165) is 0 Å². The minimum absolute atomic E-state index is 0.244. The van der Waals surface area contributed by atoms with E-state index in [1.54, 1.807) is 74.9 Å². The molecule has 2 amide bonds. The van der Waals surface area contributed by atoms with Crippen molar-refractivity contribution >= 4 is 17.5 Å². The van der Waals surface area contributed by atoms with Crippen LogP contribution in [0.1, 0.15) is 33.9 Å². The summed E-state index contributed by atoms with van der Waals surface area (Å²) in [5.41, 5.74) is 1.98. The summed E-state index contributed by atoms with van der Waals surface area (Å²) in [4.78, 5) is 27.7. The lowest BCUT2D eigenvalue weighted by atomic mass is 9.97. The highest BCUT2D eigenvalue weighted by Gasteiger charge is 2.36. The van der Waals surface area contributed by atoms with Crippen molar-refractivity contribution in [2.45, 2.75) is 12.5 Å². The second kappa shape index (κ2) is 11.1. The Morgan fingerprint density at radius 1 is 0.973 bits per heavy atom. The van der Waals surface area contributed by atoms with Crippen LogP contribution in [0.25, 0.3) is 0 Å². The highest BCUT2D eigenvalue weighted by molar-refractivity contribution is 6.05. The van der Waals surface area contributed by atoms with E-state index in [0.29, 0.717) is 39.7 Å². The van der Waals surface area contributed by atoms with E-state index in [4.69, 9.17) is 14.2 Å². The molecule has 192 valence electrons. The smallest absolute Gasteiger partial charge is 0.262 e. The molecular weight excluding hydrogens is 477 g/mol. The zero-order chi connectivity index (χ0) is 26.5. The Kier molecular flexibility index (Phi) is 7.71. The molecule has 4 rings (SSSR count). The number of amides is 2. The number of halogens is 1. The molecule has 9 heteroatoms. The van der Waals surface area contributed by atoms with Gasteiger partial charge in [-0.3, -0.25) is 9.59 Å². The molecule has 3 aromatic rings. The van der Waals surface area contributed by atoms with Crippen LogP contribution in [0.5, 0.6) is 17.2 Å². The minimum Gasteiger partial charge on any atom is -0.497 e. The molecule has 1 atom stereocenters. The number of hydrazone groups is 1. The second-order valence-electron chi connectivity index (χ2n) is 8.48. The van der Waals surface area contributed by atoms with Crippen LogP contribution in [0, 0.1) is 5.82 Å². The number of ether oxygens (including phenoxy) is 3. The van der Waals surface area contributed by atoms with Crippen molar-refractivity contribution in [2.24, 2.45) is 5.10 Å². The molecule has 0 saturated carbocycles. The lowest BCUT2D eigenvalue weighted by Crippen LogP contribution is -2.39. The third-order valence-electron chi connectivity index (χ3n) is 6.21. The maximum Gasteiger partial charge on any atom is 0.262 e. The number of carbonyl (C=O) groups excluding carboxylic acids is 2. The highest BCUT2D eigenvalue weighted by atomic mass is 19.1. The van der Waals surface area contributed by atoms with Crippen LogP contribution in [0.4, 0.5) is 4.39 Å². The van der Waals surface area contributed by atoms with Gasteiger partial charge in [0.25, 0.3) is 11.8 Å². The summed E-state index contributed by atoms with van der Waals surface area (Å²) in [6.07, 6.45) is 0.269. The first kappa shape index (κ1) is 25.7. The molecule has 1 aliphatic heterocycles. The summed E-state index contributed by atoms with van der Waals surface area (Å²) in [5, 5.41) is 5.85. The zero-order valence-corrected chi connectivity index (χ0v) is 21.1. The molecule has 8 nitrogen and oxygen atoms in total. The van der Waals surface area contributed by atoms with Gasteiger partial charge in [-0.1, -0.05) is 18.2 Å². The van der Waals surface area contributed by atoms with Gasteiger partial charge in [0.1, 0.15) is 29.6 Å². The number of rotatable bonds is 8. The summed E-state index contributed by atoms with van der Waals surface area (Å²) in [7, 11) is 6.17. The van der Waals surface area contributed by atoms with Crippen LogP contribution >= 0.6 is 0 Å². The minimum atomic E-state index is -0.681. The van der Waals surface area contributed by atoms with Crippen molar-refractivity contribution in [2.75, 3.05) is 34.9 Å². The van der Waals surface area contributed by atoms with Crippen molar-refractivity contribution in [3.63, 3.8) is 0 Å². The van der Waals surface area contributed by atoms with Gasteiger partial charge >= 0.3 is 0 Å². The Hall–Kier alpha value is -4.40. The largest absolute Gasteiger partial charge is 0.497 e. The van der Waals surface area contributed by atoms with Gasteiger partial charge in [0.15, 0.2) is 0 Å². The van der Waals surface area contributed by atoms with Crippen molar-refractivity contribution < 1.29 is 28.2 Å². The zero-order valence-electron chi connectivity index (χ0n) is 21.1. The van der Waals surface area contributed by atoms with Gasteiger partial charge in [0.05, 0.1) is 33.1 Å². The highest BCUT2D eigenvalue weighted by Crippen LogP contribution is 2.37. The number of nitrogens with zero attached hydrogens (tertiary/aromatic N) is 3. The topological polar surface area (TPSA) is 80.7 Å². The van der Waals surface area contributed by atoms with Crippen molar-refractivity contribution in [3.05, 3.63) is 89.2 Å². The molecule has 0 fully saturated rings. The van der Waals surface area contributed by atoms with E-state index in [-0.39, 0.29) is 18.9 Å². The lowest BCUT2D eigenvalue weighted by Gasteiger charge is -2.25. The van der Waals surface area contributed by atoms with Crippen LogP contribution in [0.3, 0.4) is 0 Å². The quantitative estimate of drug-likeness (QED) is 0.456. The molecule has 37 heavy (non-hydrogen) atoms. The van der Waals surface area contributed by atoms with E-state index < -0.39 is 17.8 Å². The normalized spacial score (nSPS) is 14.7. The summed E-state index contributed by atoms with van der Waals surface area (Å²) < 4.78 is 30.8. The van der Waals surface area contributed by atoms with Crippen LogP contribution in [0.15, 0.2) is 71.8 Å². The SMILES string of the molecule is COc1ccc(C(=O)N(C)CC(=O)N2N=C(c3ccc(OC)cc3OC)C[C@@H]2c2ccccc2F)cc1. The first-order valence-electron chi connectivity index (χ1n) is 11.6. The Morgan fingerprint density at radius 3 is 2.30 bits per heavy atom. The Balaban J connectivity index is 1.63. The van der Waals surface area contributed by atoms with Crippen molar-refractivity contribution in [3.8, 4) is 17.2 Å². The fraction of sp³-hybridized carbons (Fsp3) is 0.250. The summed E-state index contributed by atoms with van der Waals surface area (Å²) in [6, 6.07) is 17.5. The van der Waals surface area contributed by atoms with Crippen LogP contribution < -0.4 is 14.2 Å². The summed E-state index contributed by atoms with van der Waals surface area (Å²) in [5.74, 6) is 0.531. The van der Waals surface area contributed by atoms with Crippen LogP contribution in [-0.4, -0.2) is 62.4 Å². The molecule has 0 aromatic heterocycles. The molecule has 0 unspecified atom stereocenters. The number of carbonyl (C=O) groups is 2. The van der Waals surface area contributed by atoms with E-state index in [1.165, 1.54) is 30.1 Å². The monoisotopic (exact) mass is 505 g/mol. The van der Waals surface area contributed by atoms with Gasteiger partial charge in [-0.15, -0.1) is 0 Å². The van der Waals surface area contributed by atoms with E-state index in [9.17, 15) is 14.0 Å². The predicted molar refractivity (Wildman–Crippen MR) is 137 cm³/mol. The molecule has 0 bridgehead atoms. The van der Waals surface area contributed by atoms with Crippen molar-refractivity contribution in [1.82, 2.24) is 9.91 Å². The average Bonchev–Trinajstić information content (AvgIpc) is 3.37. The van der Waals surface area contributed by atoms with Crippen LogP contribution in [-0.2, 0) is 4.79 Å². The molecule has 0 saturated heterocycles. The Bertz CT molecular complexity index is 1330. The first-order chi connectivity index (χ1) is 17.9. The van der Waals surface area contributed by atoms with Gasteiger partial charge in [-0.25, -0.2) is 9.40 Å². The van der Waals surface area contributed by atoms with E-state index in [1.807, 2.05) is 0 Å². The Morgan fingerprint density at radius 2 is 1.65 bits per heavy atom. The van der Waals surface area contributed by atoms with Gasteiger partial charge in [-0.2, -0.15) is 5.10 Å². The third kappa shape index (κ3) is 5.40. The number of benzene rings is 3. The third-order valence-corrected chi connectivity index (χ3v) is 6.21. The summed E-state index contributed by atoms with van der Waals surface area (Å²) >= 11 is 0. The molecule has 1 heterocycles. The van der Waals surface area contributed by atoms with Crippen LogP contribution in [0.2, 0.25) is 0 Å². The maximum atomic E-state index is 14.8. The molecule has 3 aromatic carbocycles. The van der Waals surface area contributed by atoms with Gasteiger partial charge in [-0.05, 0) is 42.5 Å². The number of hydrogen-bond donors (Lipinski definition) is 0. The van der Waals surface area contributed by atoms with Gasteiger partial charge in [0.2, 0.25) is 0 Å². The standard InChI is InChI=1S/C28H28FN3O5/c1-31(28(34)18-9-11-19(35-2)12-10-18)17-27(33)32-25(21-7-5-6-8-23(21)29)16-24(30-32)22-14-13-20(36-3)15-26(22)37-4/h5-15,25H,16-17H2,1-4H3/t25-/m1/s1. The molecule has 0 radical (unpaired) electrons. The predicted octanol–water partition coefficient (Wildman–Crippen LogP) is 4.30. The fourth-order valence-electron chi connectivity index (χ4n) is 4.23. The molecule has 0 spiro atoms. The summed E-state index contributed by atoms with van der Waals surface area (Å²) in [6.45, 7) is -0.244. The van der Waals surface area contributed by atoms with Gasteiger partial charge < -0.3 is 19.1 Å². The van der Waals surface area contributed by atoms with Crippen molar-refractivity contribution in [1.29, 1.82) is 0 Å². The van der Waals surface area contributed by atoms with E-state index in [2.05, 4.69) is 5.10 Å². The van der Waals surface area contributed by atoms with E-state index >= 15 is 0 Å². The molecule has 1 aliphatic rings. The molecular formula is C28H28FN3O5. The fourth-order valence-corrected chi connectivity index (χ4v) is 4.23. The maximum absolute atomic E-state index is 14.8. The molecule has 0 N–H and O–H groups in total. The molecule has 0 aliphatic carbocycles. The number of hydrogen-bond acceptors (Lipinski definition) is 6. The average molecular weight is 506 g/mol. The first-order valence-corrected chi connectivity index (χ1v) is 11.6.